The van der Waals surface area contributed by atoms with Crippen LogP contribution in [0, 0.1) is 0 Å². The topological polar surface area (TPSA) is 44.4 Å². The largest absolute Gasteiger partial charge is 0.405 e. The van der Waals surface area contributed by atoms with Gasteiger partial charge < -0.3 is 10.6 Å². The molecule has 1 saturated heterocycles. The van der Waals surface area contributed by atoms with Crippen molar-refractivity contribution < 1.29 is 18.0 Å². The smallest absolute Gasteiger partial charge is 0.349 e. The molecular formula is C14H21ClF3N3OS. The first-order valence-electron chi connectivity index (χ1n) is 7.29. The molecule has 1 aromatic heterocycles. The van der Waals surface area contributed by atoms with Crippen molar-refractivity contribution in [1.29, 1.82) is 0 Å². The summed E-state index contributed by atoms with van der Waals surface area (Å²) in [4.78, 5) is 14.0. The molecule has 2 N–H and O–H groups in total. The molecule has 1 unspecified atom stereocenters. The standard InChI is InChI=1S/C14H20F3N3OS.ClH/c1-2-10-3-8-22-12(10)13(21)19-9-11(14(15,16)17)20-6-4-18-5-7-20;/h3,8,11,18H,2,4-7,9H2,1H3,(H,19,21);1H. The molecule has 1 aromatic rings. The number of hydrogen-bond acceptors (Lipinski definition) is 4. The third kappa shape index (κ3) is 5.34. The van der Waals surface area contributed by atoms with Gasteiger partial charge in [-0.15, -0.1) is 23.7 Å². The van der Waals surface area contributed by atoms with E-state index in [1.54, 1.807) is 5.38 Å². The van der Waals surface area contributed by atoms with E-state index in [1.165, 1.54) is 16.2 Å². The van der Waals surface area contributed by atoms with Crippen LogP contribution in [0.4, 0.5) is 13.2 Å². The van der Waals surface area contributed by atoms with Crippen LogP contribution in [0.2, 0.25) is 0 Å². The highest BCUT2D eigenvalue weighted by Crippen LogP contribution is 2.25. The van der Waals surface area contributed by atoms with Gasteiger partial charge in [0.15, 0.2) is 0 Å². The van der Waals surface area contributed by atoms with Gasteiger partial charge >= 0.3 is 6.18 Å². The van der Waals surface area contributed by atoms with Crippen molar-refractivity contribution in [1.82, 2.24) is 15.5 Å². The maximum absolute atomic E-state index is 13.2. The molecule has 1 aliphatic rings. The number of carbonyl (C=O) groups is 1. The lowest BCUT2D eigenvalue weighted by molar-refractivity contribution is -0.183. The minimum absolute atomic E-state index is 0. The second-order valence-corrected chi connectivity index (χ2v) is 6.10. The van der Waals surface area contributed by atoms with Gasteiger partial charge in [0, 0.05) is 32.7 Å². The zero-order valence-corrected chi connectivity index (χ0v) is 14.4. The van der Waals surface area contributed by atoms with Gasteiger partial charge in [0.1, 0.15) is 6.04 Å². The zero-order chi connectivity index (χ0) is 16.2. The molecule has 1 fully saturated rings. The van der Waals surface area contributed by atoms with Gasteiger partial charge in [-0.3, -0.25) is 9.69 Å². The van der Waals surface area contributed by atoms with Gasteiger partial charge in [-0.1, -0.05) is 6.92 Å². The Kier molecular flexibility index (Phi) is 7.79. The van der Waals surface area contributed by atoms with Crippen molar-refractivity contribution in [2.24, 2.45) is 0 Å². The SMILES string of the molecule is CCc1ccsc1C(=O)NCC(N1CCNCC1)C(F)(F)F.Cl. The molecule has 4 nitrogen and oxygen atoms in total. The van der Waals surface area contributed by atoms with E-state index in [9.17, 15) is 18.0 Å². The lowest BCUT2D eigenvalue weighted by atomic mass is 10.2. The summed E-state index contributed by atoms with van der Waals surface area (Å²) < 4.78 is 39.7. The lowest BCUT2D eigenvalue weighted by Crippen LogP contribution is -2.57. The summed E-state index contributed by atoms with van der Waals surface area (Å²) in [5.41, 5.74) is 0.869. The second-order valence-electron chi connectivity index (χ2n) is 5.18. The molecule has 1 atom stereocenters. The Morgan fingerprint density at radius 1 is 1.43 bits per heavy atom. The van der Waals surface area contributed by atoms with Crippen LogP contribution >= 0.6 is 23.7 Å². The predicted molar refractivity (Wildman–Crippen MR) is 87.6 cm³/mol. The monoisotopic (exact) mass is 371 g/mol. The van der Waals surface area contributed by atoms with Crippen LogP contribution in [0.5, 0.6) is 0 Å². The fourth-order valence-corrected chi connectivity index (χ4v) is 3.44. The molecule has 9 heteroatoms. The van der Waals surface area contributed by atoms with Crippen molar-refractivity contribution in [2.75, 3.05) is 32.7 Å². The highest BCUT2D eigenvalue weighted by atomic mass is 35.5. The summed E-state index contributed by atoms with van der Waals surface area (Å²) in [7, 11) is 0. The second kappa shape index (κ2) is 8.86. The number of piperazine rings is 1. The average molecular weight is 372 g/mol. The molecule has 0 aromatic carbocycles. The third-order valence-corrected chi connectivity index (χ3v) is 4.72. The first-order valence-corrected chi connectivity index (χ1v) is 8.17. The summed E-state index contributed by atoms with van der Waals surface area (Å²) in [6.45, 7) is 3.23. The van der Waals surface area contributed by atoms with E-state index in [0.29, 0.717) is 37.5 Å². The molecular weight excluding hydrogens is 351 g/mol. The van der Waals surface area contributed by atoms with Gasteiger partial charge in [-0.05, 0) is 23.4 Å². The summed E-state index contributed by atoms with van der Waals surface area (Å²) >= 11 is 1.26. The van der Waals surface area contributed by atoms with Gasteiger partial charge in [-0.25, -0.2) is 0 Å². The van der Waals surface area contributed by atoms with Crippen molar-refractivity contribution in [3.05, 3.63) is 21.9 Å². The first kappa shape index (κ1) is 20.2. The predicted octanol–water partition coefficient (Wildman–Crippen LogP) is 2.30. The van der Waals surface area contributed by atoms with Crippen LogP contribution in [-0.4, -0.2) is 55.7 Å². The number of carbonyl (C=O) groups excluding carboxylic acids is 1. The lowest BCUT2D eigenvalue weighted by Gasteiger charge is -2.35. The summed E-state index contributed by atoms with van der Waals surface area (Å²) in [6, 6.07) is 0.195. The van der Waals surface area contributed by atoms with Crippen LogP contribution in [0.3, 0.4) is 0 Å². The Morgan fingerprint density at radius 2 is 2.09 bits per heavy atom. The fourth-order valence-electron chi connectivity index (χ4n) is 2.53. The van der Waals surface area contributed by atoms with Crippen molar-refractivity contribution in [3.8, 4) is 0 Å². The molecule has 23 heavy (non-hydrogen) atoms. The number of hydrogen-bond donors (Lipinski definition) is 2. The van der Waals surface area contributed by atoms with E-state index in [-0.39, 0.29) is 12.4 Å². The van der Waals surface area contributed by atoms with Gasteiger partial charge in [0.25, 0.3) is 5.91 Å². The van der Waals surface area contributed by atoms with E-state index >= 15 is 0 Å². The van der Waals surface area contributed by atoms with Crippen LogP contribution < -0.4 is 10.6 Å². The summed E-state index contributed by atoms with van der Waals surface area (Å²) in [5.74, 6) is -0.420. The molecule has 132 valence electrons. The Hall–Kier alpha value is -0.830. The average Bonchev–Trinajstić information content (AvgIpc) is 2.95. The minimum atomic E-state index is -4.35. The van der Waals surface area contributed by atoms with Crippen LogP contribution in [0.1, 0.15) is 22.2 Å². The Bertz CT molecular complexity index is 504. The molecule has 0 aliphatic carbocycles. The van der Waals surface area contributed by atoms with Gasteiger partial charge in [-0.2, -0.15) is 13.2 Å². The molecule has 2 heterocycles. The Balaban J connectivity index is 0.00000264. The number of halogens is 4. The highest BCUT2D eigenvalue weighted by Gasteiger charge is 2.43. The maximum atomic E-state index is 13.2. The molecule has 0 saturated carbocycles. The quantitative estimate of drug-likeness (QED) is 0.834. The number of nitrogens with one attached hydrogen (secondary N) is 2. The number of aryl methyl sites for hydroxylation is 1. The van der Waals surface area contributed by atoms with E-state index in [4.69, 9.17) is 0 Å². The number of thiophene rings is 1. The Morgan fingerprint density at radius 3 is 2.65 bits per heavy atom. The number of amides is 1. The Labute approximate surface area is 143 Å². The molecule has 0 bridgehead atoms. The van der Waals surface area contributed by atoms with Gasteiger partial charge in [0.05, 0.1) is 4.88 Å². The highest BCUT2D eigenvalue weighted by molar-refractivity contribution is 7.12. The molecule has 0 spiro atoms. The van der Waals surface area contributed by atoms with Crippen molar-refractivity contribution in [2.45, 2.75) is 25.6 Å². The number of alkyl halides is 3. The molecule has 1 amide bonds. The van der Waals surface area contributed by atoms with E-state index in [0.717, 1.165) is 5.56 Å². The van der Waals surface area contributed by atoms with Crippen LogP contribution in [-0.2, 0) is 6.42 Å². The maximum Gasteiger partial charge on any atom is 0.405 e. The van der Waals surface area contributed by atoms with Gasteiger partial charge in [0.2, 0.25) is 0 Å². The van der Waals surface area contributed by atoms with Crippen molar-refractivity contribution in [3.63, 3.8) is 0 Å². The first-order chi connectivity index (χ1) is 10.4. The van der Waals surface area contributed by atoms with E-state index in [2.05, 4.69) is 10.6 Å². The molecule has 2 rings (SSSR count). The molecule has 1 aliphatic heterocycles. The normalized spacial score (nSPS) is 17.4. The summed E-state index contributed by atoms with van der Waals surface area (Å²) in [5, 5.41) is 7.26. The van der Waals surface area contributed by atoms with Crippen LogP contribution in [0.15, 0.2) is 11.4 Å². The number of rotatable bonds is 5. The van der Waals surface area contributed by atoms with E-state index in [1.807, 2.05) is 13.0 Å². The zero-order valence-electron chi connectivity index (χ0n) is 12.8. The molecule has 0 radical (unpaired) electrons. The minimum Gasteiger partial charge on any atom is -0.349 e. The summed E-state index contributed by atoms with van der Waals surface area (Å²) in [6.07, 6.45) is -3.67. The van der Waals surface area contributed by atoms with Crippen molar-refractivity contribution >= 4 is 29.7 Å². The van der Waals surface area contributed by atoms with E-state index < -0.39 is 24.7 Å². The number of nitrogens with zero attached hydrogens (tertiary/aromatic N) is 1. The fraction of sp³-hybridized carbons (Fsp3) is 0.643. The third-order valence-electron chi connectivity index (χ3n) is 3.76. The van der Waals surface area contributed by atoms with Crippen LogP contribution in [0.25, 0.3) is 0 Å².